The minimum absolute atomic E-state index is 0.0331. The number of rotatable bonds is 3. The van der Waals surface area contributed by atoms with Crippen molar-refractivity contribution in [2.24, 2.45) is 0 Å². The summed E-state index contributed by atoms with van der Waals surface area (Å²) in [6.45, 7) is 2.75. The predicted octanol–water partition coefficient (Wildman–Crippen LogP) is 3.30. The van der Waals surface area contributed by atoms with Crippen molar-refractivity contribution >= 4 is 40.3 Å². The van der Waals surface area contributed by atoms with E-state index in [0.29, 0.717) is 10.9 Å². The van der Waals surface area contributed by atoms with Gasteiger partial charge in [0.2, 0.25) is 0 Å². The van der Waals surface area contributed by atoms with Crippen molar-refractivity contribution < 1.29 is 4.79 Å². The van der Waals surface area contributed by atoms with Gasteiger partial charge in [-0.3, -0.25) is 9.69 Å². The van der Waals surface area contributed by atoms with E-state index in [4.69, 9.17) is 12.2 Å². The smallest absolute Gasteiger partial charge is 0.266 e. The highest BCUT2D eigenvalue weighted by Crippen LogP contribution is 2.32. The lowest BCUT2D eigenvalue weighted by Crippen LogP contribution is -2.28. The zero-order valence-electron chi connectivity index (χ0n) is 9.55. The number of thioether (sulfide) groups is 1. The highest BCUT2D eigenvalue weighted by Gasteiger charge is 2.30. The molecule has 2 nitrogen and oxygen atoms in total. The van der Waals surface area contributed by atoms with Crippen LogP contribution in [0.3, 0.4) is 0 Å². The zero-order valence-corrected chi connectivity index (χ0v) is 11.2. The SMILES string of the molecule is CCCN1C(=O)C(=Cc2ccccc2)SC1=S. The molecule has 0 spiro atoms. The average Bonchev–Trinajstić information content (AvgIpc) is 2.59. The fourth-order valence-corrected chi connectivity index (χ4v) is 2.93. The Morgan fingerprint density at radius 1 is 1.35 bits per heavy atom. The van der Waals surface area contributed by atoms with Crippen molar-refractivity contribution in [3.8, 4) is 0 Å². The van der Waals surface area contributed by atoms with Crippen LogP contribution in [0.25, 0.3) is 6.08 Å². The largest absolute Gasteiger partial charge is 0.293 e. The van der Waals surface area contributed by atoms with E-state index in [1.807, 2.05) is 43.3 Å². The Hall–Kier alpha value is -1.13. The molecule has 0 N–H and O–H groups in total. The molecule has 1 aromatic rings. The van der Waals surface area contributed by atoms with Gasteiger partial charge < -0.3 is 0 Å². The van der Waals surface area contributed by atoms with Gasteiger partial charge in [0.25, 0.3) is 5.91 Å². The van der Waals surface area contributed by atoms with Gasteiger partial charge in [-0.1, -0.05) is 61.2 Å². The van der Waals surface area contributed by atoms with Gasteiger partial charge in [-0.05, 0) is 18.1 Å². The fraction of sp³-hybridized carbons (Fsp3) is 0.231. The maximum atomic E-state index is 12.1. The molecule has 1 aromatic carbocycles. The number of benzene rings is 1. The van der Waals surface area contributed by atoms with Crippen LogP contribution in [0.2, 0.25) is 0 Å². The molecule has 0 aliphatic carbocycles. The van der Waals surface area contributed by atoms with Crippen LogP contribution in [0.5, 0.6) is 0 Å². The number of carbonyl (C=O) groups excluding carboxylic acids is 1. The Morgan fingerprint density at radius 2 is 2.06 bits per heavy atom. The quantitative estimate of drug-likeness (QED) is 0.616. The van der Waals surface area contributed by atoms with Crippen LogP contribution in [0.1, 0.15) is 18.9 Å². The topological polar surface area (TPSA) is 20.3 Å². The van der Waals surface area contributed by atoms with Crippen LogP contribution < -0.4 is 0 Å². The molecular formula is C13H13NOS2. The Balaban J connectivity index is 2.22. The summed E-state index contributed by atoms with van der Waals surface area (Å²) in [4.78, 5) is 14.5. The van der Waals surface area contributed by atoms with Gasteiger partial charge in [0.05, 0.1) is 4.91 Å². The lowest BCUT2D eigenvalue weighted by Gasteiger charge is -2.11. The number of carbonyl (C=O) groups is 1. The highest BCUT2D eigenvalue weighted by molar-refractivity contribution is 8.26. The fourth-order valence-electron chi connectivity index (χ4n) is 1.62. The molecule has 0 radical (unpaired) electrons. The minimum Gasteiger partial charge on any atom is -0.293 e. The van der Waals surface area contributed by atoms with Crippen molar-refractivity contribution in [3.05, 3.63) is 40.8 Å². The van der Waals surface area contributed by atoms with Gasteiger partial charge in [0, 0.05) is 6.54 Å². The summed E-state index contributed by atoms with van der Waals surface area (Å²) in [6, 6.07) is 9.83. The number of hydrogen-bond acceptors (Lipinski definition) is 3. The second-order valence-corrected chi connectivity index (χ2v) is 5.42. The van der Waals surface area contributed by atoms with Crippen LogP contribution in [0.15, 0.2) is 35.2 Å². The normalized spacial score (nSPS) is 18.2. The average molecular weight is 263 g/mol. The third kappa shape index (κ3) is 2.76. The second-order valence-electron chi connectivity index (χ2n) is 3.74. The monoisotopic (exact) mass is 263 g/mol. The summed E-state index contributed by atoms with van der Waals surface area (Å²) >= 11 is 6.59. The van der Waals surface area contributed by atoms with Crippen LogP contribution >= 0.6 is 24.0 Å². The molecule has 88 valence electrons. The maximum absolute atomic E-state index is 12.1. The van der Waals surface area contributed by atoms with Gasteiger partial charge in [-0.25, -0.2) is 0 Å². The van der Waals surface area contributed by atoms with E-state index < -0.39 is 0 Å². The van der Waals surface area contributed by atoms with Crippen LogP contribution in [-0.4, -0.2) is 21.7 Å². The first-order chi connectivity index (χ1) is 8.22. The molecule has 1 heterocycles. The lowest BCUT2D eigenvalue weighted by atomic mass is 10.2. The van der Waals surface area contributed by atoms with Crippen LogP contribution in [0.4, 0.5) is 0 Å². The molecule has 0 unspecified atom stereocenters. The summed E-state index contributed by atoms with van der Waals surface area (Å²) < 4.78 is 0.666. The molecule has 17 heavy (non-hydrogen) atoms. The van der Waals surface area contributed by atoms with E-state index in [-0.39, 0.29) is 5.91 Å². The first-order valence-electron chi connectivity index (χ1n) is 5.53. The summed E-state index contributed by atoms with van der Waals surface area (Å²) in [5.74, 6) is 0.0331. The van der Waals surface area contributed by atoms with Gasteiger partial charge in [0.1, 0.15) is 4.32 Å². The van der Waals surface area contributed by atoms with E-state index in [0.717, 1.165) is 16.9 Å². The number of amides is 1. The summed E-state index contributed by atoms with van der Waals surface area (Å²) in [5, 5.41) is 0. The molecule has 0 bridgehead atoms. The van der Waals surface area contributed by atoms with Crippen molar-refractivity contribution in [1.82, 2.24) is 4.90 Å². The Morgan fingerprint density at radius 3 is 2.71 bits per heavy atom. The predicted molar refractivity (Wildman–Crippen MR) is 76.6 cm³/mol. The summed E-state index contributed by atoms with van der Waals surface area (Å²) in [7, 11) is 0. The molecule has 0 atom stereocenters. The van der Waals surface area contributed by atoms with E-state index >= 15 is 0 Å². The summed E-state index contributed by atoms with van der Waals surface area (Å²) in [5.41, 5.74) is 1.03. The van der Waals surface area contributed by atoms with Gasteiger partial charge >= 0.3 is 0 Å². The Labute approximate surface area is 111 Å². The van der Waals surface area contributed by atoms with Gasteiger partial charge in [-0.2, -0.15) is 0 Å². The number of nitrogens with zero attached hydrogens (tertiary/aromatic N) is 1. The van der Waals surface area contributed by atoms with Crippen molar-refractivity contribution in [2.45, 2.75) is 13.3 Å². The molecule has 2 rings (SSSR count). The van der Waals surface area contributed by atoms with Crippen molar-refractivity contribution in [3.63, 3.8) is 0 Å². The molecule has 1 aliphatic heterocycles. The van der Waals surface area contributed by atoms with Crippen molar-refractivity contribution in [1.29, 1.82) is 0 Å². The first kappa shape index (κ1) is 12.3. The third-order valence-electron chi connectivity index (χ3n) is 2.42. The standard InChI is InChI=1S/C13H13NOS2/c1-2-8-14-12(15)11(17-13(14)16)9-10-6-4-3-5-7-10/h3-7,9H,2,8H2,1H3. The van der Waals surface area contributed by atoms with Gasteiger partial charge in [0.15, 0.2) is 0 Å². The molecule has 1 aliphatic rings. The van der Waals surface area contributed by atoms with Crippen LogP contribution in [0, 0.1) is 0 Å². The molecule has 1 fully saturated rings. The maximum Gasteiger partial charge on any atom is 0.266 e. The third-order valence-corrected chi connectivity index (χ3v) is 3.80. The molecule has 1 saturated heterocycles. The Bertz CT molecular complexity index is 468. The number of hydrogen-bond donors (Lipinski definition) is 0. The summed E-state index contributed by atoms with van der Waals surface area (Å²) in [6.07, 6.45) is 2.82. The molecule has 1 amide bonds. The zero-order chi connectivity index (χ0) is 12.3. The van der Waals surface area contributed by atoms with E-state index in [9.17, 15) is 4.79 Å². The van der Waals surface area contributed by atoms with E-state index in [2.05, 4.69) is 0 Å². The molecule has 4 heteroatoms. The molecular weight excluding hydrogens is 250 g/mol. The van der Waals surface area contributed by atoms with Crippen LogP contribution in [-0.2, 0) is 4.79 Å². The first-order valence-corrected chi connectivity index (χ1v) is 6.75. The Kier molecular flexibility index (Phi) is 3.97. The second kappa shape index (κ2) is 5.47. The van der Waals surface area contributed by atoms with Gasteiger partial charge in [-0.15, -0.1) is 0 Å². The number of thiocarbonyl (C=S) groups is 1. The van der Waals surface area contributed by atoms with E-state index in [1.165, 1.54) is 11.8 Å². The lowest BCUT2D eigenvalue weighted by molar-refractivity contribution is -0.122. The van der Waals surface area contributed by atoms with Crippen molar-refractivity contribution in [2.75, 3.05) is 6.54 Å². The molecule has 0 aromatic heterocycles. The molecule has 0 saturated carbocycles. The minimum atomic E-state index is 0.0331. The van der Waals surface area contributed by atoms with E-state index in [1.54, 1.807) is 4.90 Å². The highest BCUT2D eigenvalue weighted by atomic mass is 32.2.